The highest BCUT2D eigenvalue weighted by molar-refractivity contribution is 4.79. The Balaban J connectivity index is 1.62. The maximum Gasteiger partial charge on any atom is 0.0216 e. The van der Waals surface area contributed by atoms with Crippen molar-refractivity contribution in [3.63, 3.8) is 0 Å². The Morgan fingerprint density at radius 1 is 0.850 bits per heavy atom. The molecule has 5 heteroatoms. The number of piperazine rings is 2. The van der Waals surface area contributed by atoms with Crippen molar-refractivity contribution < 1.29 is 0 Å². The molecule has 0 bridgehead atoms. The first-order valence-electron chi connectivity index (χ1n) is 8.30. The van der Waals surface area contributed by atoms with Gasteiger partial charge in [0.15, 0.2) is 0 Å². The van der Waals surface area contributed by atoms with Gasteiger partial charge < -0.3 is 10.6 Å². The summed E-state index contributed by atoms with van der Waals surface area (Å²) < 4.78 is 0. The van der Waals surface area contributed by atoms with Crippen molar-refractivity contribution in [1.29, 1.82) is 0 Å². The van der Waals surface area contributed by atoms with Crippen LogP contribution in [0, 0.1) is 0 Å². The summed E-state index contributed by atoms with van der Waals surface area (Å²) in [5, 5.41) is 0. The summed E-state index contributed by atoms with van der Waals surface area (Å²) in [5.74, 6) is 0. The van der Waals surface area contributed by atoms with E-state index in [1.54, 1.807) is 0 Å². The second kappa shape index (κ2) is 8.29. The first kappa shape index (κ1) is 16.2. The highest BCUT2D eigenvalue weighted by atomic mass is 15.3. The van der Waals surface area contributed by atoms with Gasteiger partial charge in [0.05, 0.1) is 0 Å². The molecule has 0 aromatic carbocycles. The highest BCUT2D eigenvalue weighted by Gasteiger charge is 2.22. The SMILES string of the molecule is CCC(CN)N1CCN(CCN2CCN(C)CC2)CC1. The Morgan fingerprint density at radius 3 is 1.80 bits per heavy atom. The summed E-state index contributed by atoms with van der Waals surface area (Å²) >= 11 is 0. The van der Waals surface area contributed by atoms with Crippen LogP contribution in [0.3, 0.4) is 0 Å². The maximum absolute atomic E-state index is 5.85. The fourth-order valence-electron chi connectivity index (χ4n) is 3.28. The van der Waals surface area contributed by atoms with Crippen LogP contribution in [0.1, 0.15) is 13.3 Å². The number of rotatable bonds is 6. The van der Waals surface area contributed by atoms with Gasteiger partial charge in [0.1, 0.15) is 0 Å². The number of hydrogen-bond donors (Lipinski definition) is 1. The molecule has 0 aromatic heterocycles. The van der Waals surface area contributed by atoms with Crippen LogP contribution in [0.4, 0.5) is 0 Å². The van der Waals surface area contributed by atoms with E-state index in [-0.39, 0.29) is 0 Å². The van der Waals surface area contributed by atoms with Crippen LogP contribution < -0.4 is 5.73 Å². The molecule has 0 spiro atoms. The molecule has 5 nitrogen and oxygen atoms in total. The van der Waals surface area contributed by atoms with Crippen molar-refractivity contribution in [1.82, 2.24) is 19.6 Å². The van der Waals surface area contributed by atoms with Crippen molar-refractivity contribution >= 4 is 0 Å². The minimum Gasteiger partial charge on any atom is -0.329 e. The third-order valence-corrected chi connectivity index (χ3v) is 4.99. The zero-order valence-corrected chi connectivity index (χ0v) is 13.4. The van der Waals surface area contributed by atoms with Crippen LogP contribution in [0.25, 0.3) is 0 Å². The first-order valence-corrected chi connectivity index (χ1v) is 8.30. The zero-order chi connectivity index (χ0) is 14.4. The van der Waals surface area contributed by atoms with Crippen molar-refractivity contribution in [2.24, 2.45) is 5.73 Å². The van der Waals surface area contributed by atoms with Crippen LogP contribution >= 0.6 is 0 Å². The molecule has 2 aliphatic heterocycles. The van der Waals surface area contributed by atoms with Gasteiger partial charge in [0.2, 0.25) is 0 Å². The van der Waals surface area contributed by atoms with Crippen molar-refractivity contribution in [2.75, 3.05) is 79.0 Å². The molecular weight excluding hydrogens is 250 g/mol. The zero-order valence-electron chi connectivity index (χ0n) is 13.4. The largest absolute Gasteiger partial charge is 0.329 e. The van der Waals surface area contributed by atoms with E-state index in [9.17, 15) is 0 Å². The summed E-state index contributed by atoms with van der Waals surface area (Å²) in [4.78, 5) is 10.2. The van der Waals surface area contributed by atoms with E-state index in [1.165, 1.54) is 71.9 Å². The van der Waals surface area contributed by atoms with Gasteiger partial charge in [-0.15, -0.1) is 0 Å². The molecule has 20 heavy (non-hydrogen) atoms. The van der Waals surface area contributed by atoms with Gasteiger partial charge in [0, 0.05) is 78.0 Å². The standard InChI is InChI=1S/C15H33N5/c1-3-15(14-16)20-12-10-19(11-13-20)9-8-18-6-4-17(2)5-7-18/h15H,3-14,16H2,1-2H3. The maximum atomic E-state index is 5.85. The number of hydrogen-bond acceptors (Lipinski definition) is 5. The summed E-state index contributed by atoms with van der Waals surface area (Å²) in [6.45, 7) is 15.3. The molecule has 2 N–H and O–H groups in total. The average molecular weight is 283 g/mol. The molecular formula is C15H33N5. The van der Waals surface area contributed by atoms with Gasteiger partial charge >= 0.3 is 0 Å². The second-order valence-electron chi connectivity index (χ2n) is 6.32. The van der Waals surface area contributed by atoms with E-state index in [1.807, 2.05) is 0 Å². The highest BCUT2D eigenvalue weighted by Crippen LogP contribution is 2.09. The van der Waals surface area contributed by atoms with E-state index in [2.05, 4.69) is 33.6 Å². The molecule has 1 atom stereocenters. The molecule has 0 saturated carbocycles. The molecule has 2 aliphatic rings. The Bertz CT molecular complexity index is 253. The second-order valence-corrected chi connectivity index (χ2v) is 6.32. The quantitative estimate of drug-likeness (QED) is 0.717. The van der Waals surface area contributed by atoms with Crippen LogP contribution in [-0.4, -0.2) is 105 Å². The molecule has 2 heterocycles. The fraction of sp³-hybridized carbons (Fsp3) is 1.00. The molecule has 0 amide bonds. The van der Waals surface area contributed by atoms with Crippen LogP contribution in [0.15, 0.2) is 0 Å². The van der Waals surface area contributed by atoms with Gasteiger partial charge in [-0.3, -0.25) is 14.7 Å². The van der Waals surface area contributed by atoms with Gasteiger partial charge in [-0.1, -0.05) is 6.92 Å². The lowest BCUT2D eigenvalue weighted by atomic mass is 10.1. The average Bonchev–Trinajstić information content (AvgIpc) is 2.49. The summed E-state index contributed by atoms with van der Waals surface area (Å²) in [5.41, 5.74) is 5.85. The minimum atomic E-state index is 0.592. The third-order valence-electron chi connectivity index (χ3n) is 4.99. The third kappa shape index (κ3) is 4.67. The van der Waals surface area contributed by atoms with Crippen LogP contribution in [-0.2, 0) is 0 Å². The molecule has 0 radical (unpaired) electrons. The van der Waals surface area contributed by atoms with Crippen LogP contribution in [0.5, 0.6) is 0 Å². The van der Waals surface area contributed by atoms with Crippen molar-refractivity contribution in [3.05, 3.63) is 0 Å². The van der Waals surface area contributed by atoms with E-state index in [4.69, 9.17) is 5.73 Å². The topological polar surface area (TPSA) is 39.0 Å². The van der Waals surface area contributed by atoms with Crippen molar-refractivity contribution in [3.8, 4) is 0 Å². The number of nitrogens with two attached hydrogens (primary N) is 1. The minimum absolute atomic E-state index is 0.592. The molecule has 2 rings (SSSR count). The van der Waals surface area contributed by atoms with Gasteiger partial charge in [-0.2, -0.15) is 0 Å². The Labute approximate surface area is 124 Å². The Kier molecular flexibility index (Phi) is 6.71. The smallest absolute Gasteiger partial charge is 0.0216 e. The predicted molar refractivity (Wildman–Crippen MR) is 85.1 cm³/mol. The van der Waals surface area contributed by atoms with E-state index in [0.717, 1.165) is 6.54 Å². The number of nitrogens with zero attached hydrogens (tertiary/aromatic N) is 4. The van der Waals surface area contributed by atoms with Gasteiger partial charge in [-0.25, -0.2) is 0 Å². The van der Waals surface area contributed by atoms with E-state index >= 15 is 0 Å². The lowest BCUT2D eigenvalue weighted by molar-refractivity contribution is 0.0805. The first-order chi connectivity index (χ1) is 9.72. The predicted octanol–water partition coefficient (Wildman–Crippen LogP) is -0.411. The molecule has 118 valence electrons. The lowest BCUT2D eigenvalue weighted by Crippen LogP contribution is -2.54. The number of likely N-dealkylation sites (N-methyl/N-ethyl adjacent to an activating group) is 1. The van der Waals surface area contributed by atoms with Gasteiger partial charge in [-0.05, 0) is 13.5 Å². The normalized spacial score (nSPS) is 25.9. The molecule has 2 saturated heterocycles. The van der Waals surface area contributed by atoms with E-state index in [0.29, 0.717) is 6.04 Å². The molecule has 0 aromatic rings. The van der Waals surface area contributed by atoms with E-state index < -0.39 is 0 Å². The van der Waals surface area contributed by atoms with Gasteiger partial charge in [0.25, 0.3) is 0 Å². The summed E-state index contributed by atoms with van der Waals surface area (Å²) in [6, 6.07) is 0.592. The summed E-state index contributed by atoms with van der Waals surface area (Å²) in [7, 11) is 2.22. The van der Waals surface area contributed by atoms with Crippen LogP contribution in [0.2, 0.25) is 0 Å². The lowest BCUT2D eigenvalue weighted by Gasteiger charge is -2.40. The van der Waals surface area contributed by atoms with Crippen molar-refractivity contribution in [2.45, 2.75) is 19.4 Å². The molecule has 2 fully saturated rings. The monoisotopic (exact) mass is 283 g/mol. The molecule has 0 aliphatic carbocycles. The molecule has 1 unspecified atom stereocenters. The fourth-order valence-corrected chi connectivity index (χ4v) is 3.28. The Morgan fingerprint density at radius 2 is 1.35 bits per heavy atom. The Hall–Kier alpha value is -0.200. The summed E-state index contributed by atoms with van der Waals surface area (Å²) in [6.07, 6.45) is 1.18.